The van der Waals surface area contributed by atoms with Gasteiger partial charge in [-0.15, -0.1) is 0 Å². The summed E-state index contributed by atoms with van der Waals surface area (Å²) < 4.78 is 108. The minimum absolute atomic E-state index is 0.00299. The zero-order chi connectivity index (χ0) is 31.6. The number of amides is 1. The van der Waals surface area contributed by atoms with Crippen molar-refractivity contribution in [2.75, 3.05) is 6.61 Å². The number of carbonyl (C=O) groups excluding carboxylic acids is 2. The molecule has 1 fully saturated rings. The van der Waals surface area contributed by atoms with Crippen LogP contribution in [0.2, 0.25) is 0 Å². The molecule has 14 heteroatoms. The van der Waals surface area contributed by atoms with E-state index in [9.17, 15) is 35.6 Å². The second-order valence-corrected chi connectivity index (χ2v) is 12.4. The monoisotopic (exact) mass is 621 g/mol. The van der Waals surface area contributed by atoms with Crippen molar-refractivity contribution < 1.29 is 53.6 Å². The number of nitrogens with one attached hydrogen (secondary N) is 1. The SMILES string of the molecule is CCOC(=O)C[C@H](NC(=O)OC(C)(C)C)c1cc(-c2c(C)cc(F)cc2OS(=O)(=O)C(F)(F)F)cc(C2CCC2)c1F. The van der Waals surface area contributed by atoms with Crippen molar-refractivity contribution in [2.45, 2.75) is 83.4 Å². The topological polar surface area (TPSA) is 108 Å². The van der Waals surface area contributed by atoms with Crippen LogP contribution in [0.25, 0.3) is 11.1 Å². The second kappa shape index (κ2) is 12.4. The zero-order valence-corrected chi connectivity index (χ0v) is 24.5. The van der Waals surface area contributed by atoms with Gasteiger partial charge in [-0.3, -0.25) is 4.79 Å². The molecule has 0 radical (unpaired) electrons. The lowest BCUT2D eigenvalue weighted by Gasteiger charge is -2.30. The summed E-state index contributed by atoms with van der Waals surface area (Å²) in [5.41, 5.74) is -7.14. The molecule has 1 N–H and O–H groups in total. The lowest BCUT2D eigenvalue weighted by molar-refractivity contribution is -0.143. The van der Waals surface area contributed by atoms with Crippen molar-refractivity contribution in [3.63, 3.8) is 0 Å². The third-order valence-electron chi connectivity index (χ3n) is 6.45. The van der Waals surface area contributed by atoms with Gasteiger partial charge in [-0.2, -0.15) is 21.6 Å². The van der Waals surface area contributed by atoms with Crippen LogP contribution < -0.4 is 9.50 Å². The molecule has 1 aliphatic carbocycles. The van der Waals surface area contributed by atoms with Gasteiger partial charge in [-0.05, 0) is 88.3 Å². The van der Waals surface area contributed by atoms with Gasteiger partial charge in [-0.25, -0.2) is 13.6 Å². The molecule has 0 spiro atoms. The van der Waals surface area contributed by atoms with Crippen LogP contribution in [0.3, 0.4) is 0 Å². The Morgan fingerprint density at radius 2 is 1.71 bits per heavy atom. The van der Waals surface area contributed by atoms with E-state index >= 15 is 4.39 Å². The Kier molecular flexibility index (Phi) is 9.80. The zero-order valence-electron chi connectivity index (χ0n) is 23.7. The first-order valence-electron chi connectivity index (χ1n) is 13.1. The first-order valence-corrected chi connectivity index (χ1v) is 14.5. The molecule has 2 aromatic carbocycles. The lowest BCUT2D eigenvalue weighted by atomic mass is 9.77. The van der Waals surface area contributed by atoms with E-state index < -0.39 is 63.1 Å². The summed E-state index contributed by atoms with van der Waals surface area (Å²) >= 11 is 0. The predicted molar refractivity (Wildman–Crippen MR) is 142 cm³/mol. The highest BCUT2D eigenvalue weighted by atomic mass is 32.2. The molecule has 3 rings (SSSR count). The molecular formula is C28H32F5NO7S. The van der Waals surface area contributed by atoms with Crippen molar-refractivity contribution in [1.29, 1.82) is 0 Å². The molecule has 0 saturated heterocycles. The fraction of sp³-hybridized carbons (Fsp3) is 0.500. The molecule has 42 heavy (non-hydrogen) atoms. The summed E-state index contributed by atoms with van der Waals surface area (Å²) in [6.07, 6.45) is 0.419. The van der Waals surface area contributed by atoms with Crippen LogP contribution in [-0.2, 0) is 24.4 Å². The molecule has 1 aliphatic rings. The average molecular weight is 622 g/mol. The van der Waals surface area contributed by atoms with Gasteiger partial charge in [0.15, 0.2) is 5.75 Å². The smallest absolute Gasteiger partial charge is 0.466 e. The summed E-state index contributed by atoms with van der Waals surface area (Å²) in [7, 11) is -6.20. The molecule has 0 aliphatic heterocycles. The van der Waals surface area contributed by atoms with Crippen LogP contribution in [0.15, 0.2) is 24.3 Å². The third-order valence-corrected chi connectivity index (χ3v) is 7.42. The van der Waals surface area contributed by atoms with Gasteiger partial charge >= 0.3 is 27.7 Å². The quantitative estimate of drug-likeness (QED) is 0.140. The van der Waals surface area contributed by atoms with E-state index in [-0.39, 0.29) is 40.3 Å². The second-order valence-electron chi connectivity index (χ2n) is 10.9. The highest BCUT2D eigenvalue weighted by Crippen LogP contribution is 2.44. The van der Waals surface area contributed by atoms with Crippen LogP contribution in [0.5, 0.6) is 5.75 Å². The maximum atomic E-state index is 16.1. The first-order chi connectivity index (χ1) is 19.3. The van der Waals surface area contributed by atoms with Crippen molar-refractivity contribution in [1.82, 2.24) is 5.32 Å². The minimum atomic E-state index is -6.20. The molecule has 1 amide bonds. The van der Waals surface area contributed by atoms with Crippen molar-refractivity contribution >= 4 is 22.2 Å². The Balaban J connectivity index is 2.25. The number of carbonyl (C=O) groups is 2. The van der Waals surface area contributed by atoms with Gasteiger partial charge < -0.3 is 19.0 Å². The fourth-order valence-electron chi connectivity index (χ4n) is 4.47. The lowest BCUT2D eigenvalue weighted by Crippen LogP contribution is -2.36. The number of esters is 1. The highest BCUT2D eigenvalue weighted by molar-refractivity contribution is 7.88. The summed E-state index contributed by atoms with van der Waals surface area (Å²) in [6, 6.07) is 2.54. The van der Waals surface area contributed by atoms with E-state index in [1.54, 1.807) is 27.7 Å². The highest BCUT2D eigenvalue weighted by Gasteiger charge is 2.49. The van der Waals surface area contributed by atoms with Crippen molar-refractivity contribution in [3.05, 3.63) is 52.6 Å². The Hall–Kier alpha value is -3.42. The molecule has 232 valence electrons. The van der Waals surface area contributed by atoms with E-state index in [0.717, 1.165) is 18.6 Å². The molecule has 8 nitrogen and oxygen atoms in total. The summed E-state index contributed by atoms with van der Waals surface area (Å²) in [5.74, 6) is -3.91. The Labute approximate surface area is 240 Å². The molecule has 1 saturated carbocycles. The molecule has 0 heterocycles. The van der Waals surface area contributed by atoms with Gasteiger partial charge in [0.25, 0.3) is 0 Å². The Morgan fingerprint density at radius 1 is 1.07 bits per heavy atom. The van der Waals surface area contributed by atoms with Crippen LogP contribution in [-0.4, -0.2) is 38.2 Å². The van der Waals surface area contributed by atoms with Gasteiger partial charge in [0.2, 0.25) is 0 Å². The molecule has 0 bridgehead atoms. The molecule has 0 unspecified atom stereocenters. The van der Waals surface area contributed by atoms with Crippen LogP contribution in [0, 0.1) is 18.6 Å². The molecule has 2 aromatic rings. The van der Waals surface area contributed by atoms with E-state index in [1.807, 2.05) is 0 Å². The maximum Gasteiger partial charge on any atom is 0.534 e. The first kappa shape index (κ1) is 33.1. The number of alkyl carbamates (subject to hydrolysis) is 1. The predicted octanol–water partition coefficient (Wildman–Crippen LogP) is 6.96. The third kappa shape index (κ3) is 7.90. The van der Waals surface area contributed by atoms with E-state index in [1.165, 1.54) is 13.0 Å². The van der Waals surface area contributed by atoms with E-state index in [4.69, 9.17) is 9.47 Å². The number of rotatable bonds is 9. The largest absolute Gasteiger partial charge is 0.534 e. The number of alkyl halides is 3. The van der Waals surface area contributed by atoms with Gasteiger partial charge in [0, 0.05) is 17.2 Å². The molecular weight excluding hydrogens is 589 g/mol. The number of benzene rings is 2. The minimum Gasteiger partial charge on any atom is -0.466 e. The van der Waals surface area contributed by atoms with Gasteiger partial charge in [0.05, 0.1) is 19.1 Å². The number of aryl methyl sites for hydroxylation is 1. The number of hydrogen-bond acceptors (Lipinski definition) is 7. The van der Waals surface area contributed by atoms with Crippen molar-refractivity contribution in [3.8, 4) is 16.9 Å². The van der Waals surface area contributed by atoms with Crippen LogP contribution in [0.4, 0.5) is 26.7 Å². The fourth-order valence-corrected chi connectivity index (χ4v) is 4.94. The van der Waals surface area contributed by atoms with E-state index in [0.29, 0.717) is 18.9 Å². The van der Waals surface area contributed by atoms with Crippen molar-refractivity contribution in [2.24, 2.45) is 0 Å². The summed E-state index contributed by atoms with van der Waals surface area (Å²) in [5, 5.41) is 2.46. The van der Waals surface area contributed by atoms with Crippen LogP contribution in [0.1, 0.15) is 82.0 Å². The Morgan fingerprint density at radius 3 is 2.24 bits per heavy atom. The van der Waals surface area contributed by atoms with Gasteiger partial charge in [0.1, 0.15) is 17.2 Å². The average Bonchev–Trinajstić information content (AvgIpc) is 2.76. The molecule has 0 aromatic heterocycles. The summed E-state index contributed by atoms with van der Waals surface area (Å²) in [4.78, 5) is 25.2. The normalized spacial score (nSPS) is 15.0. The molecule has 1 atom stereocenters. The standard InChI is InChI=1S/C28H32F5NO7S/c1-6-39-23(35)14-21(34-26(36)40-27(3,4)5)20-12-17(11-19(25(20)30)16-8-7-9-16)24-15(2)10-18(29)13-22(24)41-42(37,38)28(31,32)33/h10-13,16,21H,6-9,14H2,1-5H3,(H,34,36)/t21-/m0/s1. The maximum absolute atomic E-state index is 16.1. The van der Waals surface area contributed by atoms with Gasteiger partial charge in [-0.1, -0.05) is 6.42 Å². The number of hydrogen-bond donors (Lipinski definition) is 1. The Bertz CT molecular complexity index is 1450. The van der Waals surface area contributed by atoms with E-state index in [2.05, 4.69) is 9.50 Å². The van der Waals surface area contributed by atoms with Crippen LogP contribution >= 0.6 is 0 Å². The number of ether oxygens (including phenoxy) is 2. The number of halogens is 5. The summed E-state index contributed by atoms with van der Waals surface area (Å²) in [6.45, 7) is 7.64.